The highest BCUT2D eigenvalue weighted by Gasteiger charge is 2.17. The van der Waals surface area contributed by atoms with Crippen molar-refractivity contribution in [3.05, 3.63) is 58.6 Å². The maximum atomic E-state index is 12.2. The Bertz CT molecular complexity index is 760. The van der Waals surface area contributed by atoms with Gasteiger partial charge in [0.15, 0.2) is 0 Å². The third-order valence-corrected chi connectivity index (χ3v) is 5.30. The summed E-state index contributed by atoms with van der Waals surface area (Å²) in [6.07, 6.45) is 0. The number of carbonyl (C=O) groups is 2. The number of aryl methyl sites for hydroxylation is 2. The summed E-state index contributed by atoms with van der Waals surface area (Å²) in [5.74, 6) is -0.456. The van der Waals surface area contributed by atoms with Crippen molar-refractivity contribution < 1.29 is 9.59 Å². The minimum absolute atomic E-state index is 0.0694. The molecule has 0 bridgehead atoms. The van der Waals surface area contributed by atoms with Crippen molar-refractivity contribution in [2.75, 3.05) is 11.9 Å². The van der Waals surface area contributed by atoms with Gasteiger partial charge in [0.25, 0.3) is 0 Å². The van der Waals surface area contributed by atoms with Crippen molar-refractivity contribution >= 4 is 40.9 Å². The summed E-state index contributed by atoms with van der Waals surface area (Å²) in [6.45, 7) is 5.58. The van der Waals surface area contributed by atoms with E-state index in [9.17, 15) is 9.59 Å². The highest BCUT2D eigenvalue weighted by molar-refractivity contribution is 8.00. The van der Waals surface area contributed by atoms with Gasteiger partial charge in [0.1, 0.15) is 0 Å². The van der Waals surface area contributed by atoms with Gasteiger partial charge < -0.3 is 10.6 Å². The van der Waals surface area contributed by atoms with Crippen LogP contribution in [-0.4, -0.2) is 23.6 Å². The van der Waals surface area contributed by atoms with Crippen LogP contribution in [0.2, 0.25) is 5.02 Å². The maximum absolute atomic E-state index is 12.2. The fourth-order valence-corrected chi connectivity index (χ4v) is 3.47. The molecule has 1 unspecified atom stereocenters. The van der Waals surface area contributed by atoms with Crippen molar-refractivity contribution in [1.29, 1.82) is 0 Å². The molecule has 0 heterocycles. The van der Waals surface area contributed by atoms with Gasteiger partial charge in [-0.1, -0.05) is 41.9 Å². The van der Waals surface area contributed by atoms with Crippen LogP contribution >= 0.6 is 23.4 Å². The van der Waals surface area contributed by atoms with Gasteiger partial charge in [-0.05, 0) is 44.0 Å². The van der Waals surface area contributed by atoms with Crippen molar-refractivity contribution in [2.24, 2.45) is 0 Å². The summed E-state index contributed by atoms with van der Waals surface area (Å²) < 4.78 is 0. The lowest BCUT2D eigenvalue weighted by atomic mass is 10.1. The molecule has 0 saturated heterocycles. The van der Waals surface area contributed by atoms with Gasteiger partial charge in [-0.3, -0.25) is 9.59 Å². The molecule has 2 amide bonds. The molecule has 0 aliphatic rings. The number of amides is 2. The van der Waals surface area contributed by atoms with Crippen LogP contribution in [0.5, 0.6) is 0 Å². The molecule has 2 N–H and O–H groups in total. The molecule has 0 radical (unpaired) electrons. The van der Waals surface area contributed by atoms with E-state index in [0.29, 0.717) is 5.02 Å². The standard InChI is InChI=1S/C19H21ClN2O2S/c1-12-7-6-8-13(2)18(12)22-17(23)11-21-19(24)14(3)25-16-10-5-4-9-15(16)20/h4-10,14H,11H2,1-3H3,(H,21,24)(H,22,23). The molecular formula is C19H21ClN2O2S. The summed E-state index contributed by atoms with van der Waals surface area (Å²) in [7, 11) is 0. The molecule has 4 nitrogen and oxygen atoms in total. The van der Waals surface area contributed by atoms with Crippen molar-refractivity contribution in [2.45, 2.75) is 30.9 Å². The zero-order valence-electron chi connectivity index (χ0n) is 14.4. The summed E-state index contributed by atoms with van der Waals surface area (Å²) in [6, 6.07) is 13.2. The molecule has 0 fully saturated rings. The number of hydrogen-bond donors (Lipinski definition) is 2. The molecule has 2 aromatic rings. The Balaban J connectivity index is 1.87. The van der Waals surface area contributed by atoms with E-state index in [1.807, 2.05) is 50.2 Å². The van der Waals surface area contributed by atoms with Crippen LogP contribution in [0.1, 0.15) is 18.1 Å². The van der Waals surface area contributed by atoms with E-state index in [1.54, 1.807) is 13.0 Å². The van der Waals surface area contributed by atoms with Crippen LogP contribution < -0.4 is 10.6 Å². The third-order valence-electron chi connectivity index (χ3n) is 3.68. The Morgan fingerprint density at radius 1 is 1.08 bits per heavy atom. The fraction of sp³-hybridized carbons (Fsp3) is 0.263. The predicted molar refractivity (Wildman–Crippen MR) is 104 cm³/mol. The smallest absolute Gasteiger partial charge is 0.243 e. The molecule has 132 valence electrons. The molecular weight excluding hydrogens is 356 g/mol. The first-order chi connectivity index (χ1) is 11.9. The summed E-state index contributed by atoms with van der Waals surface area (Å²) >= 11 is 7.47. The molecule has 0 spiro atoms. The van der Waals surface area contributed by atoms with Crippen LogP contribution in [0.3, 0.4) is 0 Å². The van der Waals surface area contributed by atoms with Crippen LogP contribution in [0.4, 0.5) is 5.69 Å². The lowest BCUT2D eigenvalue weighted by molar-refractivity contribution is -0.123. The lowest BCUT2D eigenvalue weighted by Gasteiger charge is -2.14. The Morgan fingerprint density at radius 3 is 2.36 bits per heavy atom. The summed E-state index contributed by atoms with van der Waals surface area (Å²) in [5, 5.41) is 5.77. The van der Waals surface area contributed by atoms with Crippen molar-refractivity contribution in [3.8, 4) is 0 Å². The van der Waals surface area contributed by atoms with E-state index in [-0.39, 0.29) is 23.6 Å². The highest BCUT2D eigenvalue weighted by atomic mass is 35.5. The predicted octanol–water partition coefficient (Wildman–Crippen LogP) is 4.19. The average Bonchev–Trinajstić information content (AvgIpc) is 2.58. The number of para-hydroxylation sites is 1. The molecule has 0 saturated carbocycles. The molecule has 6 heteroatoms. The van der Waals surface area contributed by atoms with Crippen LogP contribution in [0.25, 0.3) is 0 Å². The monoisotopic (exact) mass is 376 g/mol. The zero-order chi connectivity index (χ0) is 18.4. The van der Waals surface area contributed by atoms with Gasteiger partial charge >= 0.3 is 0 Å². The molecule has 0 aliphatic heterocycles. The normalized spacial score (nSPS) is 11.7. The van der Waals surface area contributed by atoms with Gasteiger partial charge in [0.05, 0.1) is 16.8 Å². The van der Waals surface area contributed by atoms with E-state index in [4.69, 9.17) is 11.6 Å². The summed E-state index contributed by atoms with van der Waals surface area (Å²) in [5.41, 5.74) is 2.77. The maximum Gasteiger partial charge on any atom is 0.243 e. The Hall–Kier alpha value is -1.98. The van der Waals surface area contributed by atoms with Crippen LogP contribution in [0, 0.1) is 13.8 Å². The van der Waals surface area contributed by atoms with E-state index in [1.165, 1.54) is 11.8 Å². The van der Waals surface area contributed by atoms with Gasteiger partial charge in [0.2, 0.25) is 11.8 Å². The Labute approximate surface area is 157 Å². The molecule has 2 aromatic carbocycles. The minimum Gasteiger partial charge on any atom is -0.346 e. The van der Waals surface area contributed by atoms with Crippen LogP contribution in [0.15, 0.2) is 47.4 Å². The fourth-order valence-electron chi connectivity index (χ4n) is 2.29. The Morgan fingerprint density at radius 2 is 1.72 bits per heavy atom. The van der Waals surface area contributed by atoms with Crippen molar-refractivity contribution in [1.82, 2.24) is 5.32 Å². The average molecular weight is 377 g/mol. The number of thioether (sulfide) groups is 1. The quantitative estimate of drug-likeness (QED) is 0.743. The first-order valence-corrected chi connectivity index (χ1v) is 9.19. The van der Waals surface area contributed by atoms with Crippen LogP contribution in [-0.2, 0) is 9.59 Å². The summed E-state index contributed by atoms with van der Waals surface area (Å²) in [4.78, 5) is 25.1. The van der Waals surface area contributed by atoms with Gasteiger partial charge in [-0.2, -0.15) is 0 Å². The minimum atomic E-state index is -0.354. The van der Waals surface area contributed by atoms with E-state index >= 15 is 0 Å². The molecule has 25 heavy (non-hydrogen) atoms. The molecule has 0 aliphatic carbocycles. The highest BCUT2D eigenvalue weighted by Crippen LogP contribution is 2.29. The SMILES string of the molecule is Cc1cccc(C)c1NC(=O)CNC(=O)C(C)Sc1ccccc1Cl. The largest absolute Gasteiger partial charge is 0.346 e. The topological polar surface area (TPSA) is 58.2 Å². The third kappa shape index (κ3) is 5.51. The number of hydrogen-bond acceptors (Lipinski definition) is 3. The van der Waals surface area contributed by atoms with Gasteiger partial charge in [0, 0.05) is 10.6 Å². The van der Waals surface area contributed by atoms with Crippen molar-refractivity contribution in [3.63, 3.8) is 0 Å². The second kappa shape index (κ2) is 8.92. The Kier molecular flexibility index (Phi) is 6.91. The molecule has 0 aromatic heterocycles. The number of nitrogens with one attached hydrogen (secondary N) is 2. The first-order valence-electron chi connectivity index (χ1n) is 7.93. The number of benzene rings is 2. The van der Waals surface area contributed by atoms with Gasteiger partial charge in [-0.25, -0.2) is 0 Å². The molecule has 2 rings (SSSR count). The molecule has 1 atom stereocenters. The first kappa shape index (κ1) is 19.3. The van der Waals surface area contributed by atoms with E-state index in [2.05, 4.69) is 10.6 Å². The lowest BCUT2D eigenvalue weighted by Crippen LogP contribution is -2.37. The number of rotatable bonds is 6. The van der Waals surface area contributed by atoms with E-state index < -0.39 is 0 Å². The second-order valence-electron chi connectivity index (χ2n) is 5.72. The number of carbonyl (C=O) groups excluding carboxylic acids is 2. The van der Waals surface area contributed by atoms with E-state index in [0.717, 1.165) is 21.7 Å². The number of anilines is 1. The zero-order valence-corrected chi connectivity index (χ0v) is 16.0. The van der Waals surface area contributed by atoms with Gasteiger partial charge in [-0.15, -0.1) is 11.8 Å². The second-order valence-corrected chi connectivity index (χ2v) is 7.51. The number of halogens is 1.